The molecule has 1 aromatic carbocycles. The van der Waals surface area contributed by atoms with Gasteiger partial charge in [-0.3, -0.25) is 4.57 Å². The van der Waals surface area contributed by atoms with Crippen molar-refractivity contribution in [2.45, 2.75) is 20.4 Å². The second kappa shape index (κ2) is 5.48. The molecule has 4 nitrogen and oxygen atoms in total. The highest BCUT2D eigenvalue weighted by Crippen LogP contribution is 2.24. The van der Waals surface area contributed by atoms with Crippen molar-refractivity contribution in [3.8, 4) is 11.4 Å². The topological polar surface area (TPSA) is 42.7 Å². The summed E-state index contributed by atoms with van der Waals surface area (Å²) in [6.45, 7) is 5.49. The van der Waals surface area contributed by atoms with Gasteiger partial charge in [0, 0.05) is 18.7 Å². The van der Waals surface area contributed by atoms with E-state index in [4.69, 9.17) is 0 Å². The molecule has 1 N–H and O–H groups in total. The second-order valence-electron chi connectivity index (χ2n) is 3.75. The highest BCUT2D eigenvalue weighted by molar-refractivity contribution is 9.10. The van der Waals surface area contributed by atoms with E-state index in [-0.39, 0.29) is 5.82 Å². The summed E-state index contributed by atoms with van der Waals surface area (Å²) in [7, 11) is 0. The van der Waals surface area contributed by atoms with E-state index in [0.29, 0.717) is 21.8 Å². The largest absolute Gasteiger partial charge is 0.355 e. The highest BCUT2D eigenvalue weighted by atomic mass is 79.9. The molecule has 18 heavy (non-hydrogen) atoms. The van der Waals surface area contributed by atoms with E-state index in [0.717, 1.165) is 13.1 Å². The van der Waals surface area contributed by atoms with Gasteiger partial charge in [0.2, 0.25) is 5.95 Å². The molecule has 0 atom stereocenters. The van der Waals surface area contributed by atoms with E-state index in [1.807, 2.05) is 24.5 Å². The van der Waals surface area contributed by atoms with Crippen molar-refractivity contribution in [3.05, 3.63) is 28.5 Å². The van der Waals surface area contributed by atoms with Crippen LogP contribution in [0.15, 0.2) is 22.7 Å². The molecule has 96 valence electrons. The van der Waals surface area contributed by atoms with Crippen molar-refractivity contribution in [3.63, 3.8) is 0 Å². The van der Waals surface area contributed by atoms with Crippen LogP contribution in [-0.2, 0) is 6.54 Å². The summed E-state index contributed by atoms with van der Waals surface area (Å²) in [5, 5.41) is 11.3. The summed E-state index contributed by atoms with van der Waals surface area (Å²) in [4.78, 5) is 0. The Hall–Kier alpha value is -1.43. The molecule has 0 fully saturated rings. The zero-order chi connectivity index (χ0) is 13.1. The number of nitrogens with zero attached hydrogens (tertiary/aromatic N) is 3. The SMILES string of the molecule is CCNc1nnc(-c2ccc(Br)c(F)c2)n1CC. The molecular formula is C12H14BrFN4. The van der Waals surface area contributed by atoms with Crippen LogP contribution in [0.2, 0.25) is 0 Å². The molecular weight excluding hydrogens is 299 g/mol. The van der Waals surface area contributed by atoms with Crippen LogP contribution in [0.25, 0.3) is 11.4 Å². The third-order valence-electron chi connectivity index (χ3n) is 2.58. The Morgan fingerprint density at radius 2 is 2.11 bits per heavy atom. The van der Waals surface area contributed by atoms with Gasteiger partial charge < -0.3 is 5.32 Å². The average molecular weight is 313 g/mol. The Morgan fingerprint density at radius 1 is 1.33 bits per heavy atom. The number of halogens is 2. The molecule has 0 bridgehead atoms. The molecule has 6 heteroatoms. The van der Waals surface area contributed by atoms with Crippen LogP contribution >= 0.6 is 15.9 Å². The maximum Gasteiger partial charge on any atom is 0.224 e. The molecule has 0 amide bonds. The molecule has 0 unspecified atom stereocenters. The monoisotopic (exact) mass is 312 g/mol. The summed E-state index contributed by atoms with van der Waals surface area (Å²) in [5.74, 6) is 1.07. The smallest absolute Gasteiger partial charge is 0.224 e. The van der Waals surface area contributed by atoms with E-state index in [9.17, 15) is 4.39 Å². The lowest BCUT2D eigenvalue weighted by atomic mass is 10.2. The first kappa shape index (κ1) is 13.0. The maximum absolute atomic E-state index is 13.5. The molecule has 1 heterocycles. The molecule has 0 aliphatic rings. The quantitative estimate of drug-likeness (QED) is 0.942. The number of hydrogen-bond acceptors (Lipinski definition) is 3. The first-order valence-electron chi connectivity index (χ1n) is 5.79. The van der Waals surface area contributed by atoms with Gasteiger partial charge in [0.1, 0.15) is 5.82 Å². The van der Waals surface area contributed by atoms with Crippen LogP contribution in [0.3, 0.4) is 0 Å². The molecule has 2 rings (SSSR count). The van der Waals surface area contributed by atoms with Gasteiger partial charge in [0.15, 0.2) is 5.82 Å². The third kappa shape index (κ3) is 2.38. The minimum Gasteiger partial charge on any atom is -0.355 e. The van der Waals surface area contributed by atoms with Gasteiger partial charge in [0.25, 0.3) is 0 Å². The number of anilines is 1. The molecule has 0 spiro atoms. The summed E-state index contributed by atoms with van der Waals surface area (Å²) in [6, 6.07) is 4.95. The zero-order valence-corrected chi connectivity index (χ0v) is 11.8. The van der Waals surface area contributed by atoms with E-state index in [1.54, 1.807) is 6.07 Å². The van der Waals surface area contributed by atoms with Gasteiger partial charge in [-0.2, -0.15) is 0 Å². The highest BCUT2D eigenvalue weighted by Gasteiger charge is 2.13. The van der Waals surface area contributed by atoms with Crippen molar-refractivity contribution in [2.75, 3.05) is 11.9 Å². The Labute approximate surface area is 113 Å². The van der Waals surface area contributed by atoms with Crippen molar-refractivity contribution < 1.29 is 4.39 Å². The van der Waals surface area contributed by atoms with Gasteiger partial charge >= 0.3 is 0 Å². The number of nitrogens with one attached hydrogen (secondary N) is 1. The van der Waals surface area contributed by atoms with E-state index in [1.165, 1.54) is 6.07 Å². The van der Waals surface area contributed by atoms with Crippen LogP contribution in [0.4, 0.5) is 10.3 Å². The Kier molecular flexibility index (Phi) is 3.96. The summed E-state index contributed by atoms with van der Waals surface area (Å²) >= 11 is 3.14. The minimum atomic E-state index is -0.303. The van der Waals surface area contributed by atoms with Crippen molar-refractivity contribution in [1.29, 1.82) is 0 Å². The molecule has 0 saturated carbocycles. The fourth-order valence-electron chi connectivity index (χ4n) is 1.74. The maximum atomic E-state index is 13.5. The number of benzene rings is 1. The van der Waals surface area contributed by atoms with E-state index < -0.39 is 0 Å². The van der Waals surface area contributed by atoms with Gasteiger partial charge in [-0.05, 0) is 48.0 Å². The predicted molar refractivity (Wildman–Crippen MR) is 73.0 cm³/mol. The first-order chi connectivity index (χ1) is 8.67. The second-order valence-corrected chi connectivity index (χ2v) is 4.61. The van der Waals surface area contributed by atoms with Crippen LogP contribution in [-0.4, -0.2) is 21.3 Å². The van der Waals surface area contributed by atoms with Crippen molar-refractivity contribution >= 4 is 21.9 Å². The first-order valence-corrected chi connectivity index (χ1v) is 6.59. The van der Waals surface area contributed by atoms with Gasteiger partial charge in [0.05, 0.1) is 4.47 Å². The Bertz CT molecular complexity index is 553. The normalized spacial score (nSPS) is 10.7. The summed E-state index contributed by atoms with van der Waals surface area (Å²) in [6.07, 6.45) is 0. The Morgan fingerprint density at radius 3 is 2.72 bits per heavy atom. The van der Waals surface area contributed by atoms with E-state index >= 15 is 0 Å². The molecule has 1 aromatic heterocycles. The number of rotatable bonds is 4. The van der Waals surface area contributed by atoms with Crippen LogP contribution in [0, 0.1) is 5.82 Å². The average Bonchev–Trinajstić information content (AvgIpc) is 2.76. The number of hydrogen-bond donors (Lipinski definition) is 1. The van der Waals surface area contributed by atoms with Crippen molar-refractivity contribution in [1.82, 2.24) is 14.8 Å². The summed E-state index contributed by atoms with van der Waals surface area (Å²) in [5.41, 5.74) is 0.717. The van der Waals surface area contributed by atoms with Gasteiger partial charge in [-0.25, -0.2) is 4.39 Å². The fourth-order valence-corrected chi connectivity index (χ4v) is 1.99. The predicted octanol–water partition coefficient (Wildman–Crippen LogP) is 3.30. The van der Waals surface area contributed by atoms with Crippen LogP contribution in [0.1, 0.15) is 13.8 Å². The minimum absolute atomic E-state index is 0.303. The molecule has 0 aliphatic heterocycles. The standard InChI is InChI=1S/C12H14BrFN4/c1-3-15-12-17-16-11(18(12)4-2)8-5-6-9(13)10(14)7-8/h5-7H,3-4H2,1-2H3,(H,15,17). The van der Waals surface area contributed by atoms with Gasteiger partial charge in [-0.1, -0.05) is 0 Å². The lowest BCUT2D eigenvalue weighted by molar-refractivity contribution is 0.621. The number of aromatic nitrogens is 3. The van der Waals surface area contributed by atoms with Gasteiger partial charge in [-0.15, -0.1) is 10.2 Å². The molecule has 0 radical (unpaired) electrons. The molecule has 0 aliphatic carbocycles. The third-order valence-corrected chi connectivity index (χ3v) is 3.22. The fraction of sp³-hybridized carbons (Fsp3) is 0.333. The summed E-state index contributed by atoms with van der Waals surface area (Å²) < 4.78 is 15.9. The Balaban J connectivity index is 2.46. The lowest BCUT2D eigenvalue weighted by Gasteiger charge is -2.08. The molecule has 2 aromatic rings. The molecule has 0 saturated heterocycles. The van der Waals surface area contributed by atoms with Crippen LogP contribution in [0.5, 0.6) is 0 Å². The van der Waals surface area contributed by atoms with E-state index in [2.05, 4.69) is 31.4 Å². The van der Waals surface area contributed by atoms with Crippen LogP contribution < -0.4 is 5.32 Å². The lowest BCUT2D eigenvalue weighted by Crippen LogP contribution is -2.06. The van der Waals surface area contributed by atoms with Crippen molar-refractivity contribution in [2.24, 2.45) is 0 Å². The zero-order valence-electron chi connectivity index (χ0n) is 10.2.